The molecule has 0 saturated carbocycles. The van der Waals surface area contributed by atoms with Gasteiger partial charge in [-0.1, -0.05) is 22.4 Å². The summed E-state index contributed by atoms with van der Waals surface area (Å²) >= 11 is 3.02. The van der Waals surface area contributed by atoms with Crippen molar-refractivity contribution in [2.24, 2.45) is 0 Å². The zero-order valence-electron chi connectivity index (χ0n) is 5.39. The number of aliphatic hydroxyl groups is 2. The standard InChI is InChI=1S/C6H13BrO2/c7-6(9)4-2-1-3-5-8/h6,8-9H,1-5H2. The predicted molar refractivity (Wildman–Crippen MR) is 40.5 cm³/mol. The molecule has 0 aliphatic carbocycles. The molecule has 2 N–H and O–H groups in total. The fourth-order valence-electron chi connectivity index (χ4n) is 0.601. The Balaban J connectivity index is 2.75. The smallest absolute Gasteiger partial charge is 0.109 e. The Bertz CT molecular complexity index is 57.0. The van der Waals surface area contributed by atoms with Crippen molar-refractivity contribution >= 4 is 15.9 Å². The van der Waals surface area contributed by atoms with Crippen LogP contribution in [0, 0.1) is 0 Å². The summed E-state index contributed by atoms with van der Waals surface area (Å²) in [4.78, 5) is 0. The third-order valence-corrected chi connectivity index (χ3v) is 1.56. The van der Waals surface area contributed by atoms with Gasteiger partial charge in [-0.25, -0.2) is 0 Å². The molecule has 9 heavy (non-hydrogen) atoms. The first-order chi connectivity index (χ1) is 4.27. The molecule has 0 amide bonds. The van der Waals surface area contributed by atoms with Gasteiger partial charge in [-0.15, -0.1) is 0 Å². The summed E-state index contributed by atoms with van der Waals surface area (Å²) in [5, 5.41) is 16.7. The van der Waals surface area contributed by atoms with Gasteiger partial charge in [-0.2, -0.15) is 0 Å². The highest BCUT2D eigenvalue weighted by atomic mass is 79.9. The molecule has 0 aliphatic rings. The van der Waals surface area contributed by atoms with Gasteiger partial charge in [0.15, 0.2) is 0 Å². The van der Waals surface area contributed by atoms with Crippen molar-refractivity contribution in [2.45, 2.75) is 30.7 Å². The summed E-state index contributed by atoms with van der Waals surface area (Å²) in [5.74, 6) is 0. The number of halogens is 1. The highest BCUT2D eigenvalue weighted by Gasteiger charge is 1.95. The molecule has 0 aromatic heterocycles. The van der Waals surface area contributed by atoms with Gasteiger partial charge in [-0.3, -0.25) is 0 Å². The van der Waals surface area contributed by atoms with Crippen LogP contribution >= 0.6 is 15.9 Å². The predicted octanol–water partition coefficient (Wildman–Crippen LogP) is 1.25. The number of aliphatic hydroxyl groups excluding tert-OH is 2. The molecule has 0 bridgehead atoms. The fraction of sp³-hybridized carbons (Fsp3) is 1.00. The maximum absolute atomic E-state index is 8.71. The third kappa shape index (κ3) is 8.40. The molecule has 0 fully saturated rings. The van der Waals surface area contributed by atoms with E-state index in [0.717, 1.165) is 25.7 Å². The summed E-state index contributed by atoms with van der Waals surface area (Å²) < 4.78 is 0. The zero-order valence-corrected chi connectivity index (χ0v) is 6.97. The molecule has 0 aliphatic heterocycles. The molecule has 1 atom stereocenters. The van der Waals surface area contributed by atoms with Crippen LogP contribution in [0.15, 0.2) is 0 Å². The monoisotopic (exact) mass is 196 g/mol. The first-order valence-corrected chi connectivity index (χ1v) is 4.12. The Hall–Kier alpha value is 0.400. The minimum absolute atomic E-state index is 0.262. The van der Waals surface area contributed by atoms with E-state index in [1.807, 2.05) is 0 Å². The third-order valence-electron chi connectivity index (χ3n) is 1.10. The van der Waals surface area contributed by atoms with Crippen molar-refractivity contribution in [3.8, 4) is 0 Å². The van der Waals surface area contributed by atoms with Crippen LogP contribution in [0.4, 0.5) is 0 Å². The van der Waals surface area contributed by atoms with E-state index in [1.54, 1.807) is 0 Å². The number of unbranched alkanes of at least 4 members (excludes halogenated alkanes) is 2. The van der Waals surface area contributed by atoms with E-state index in [4.69, 9.17) is 10.2 Å². The molecule has 2 nitrogen and oxygen atoms in total. The van der Waals surface area contributed by atoms with Crippen molar-refractivity contribution in [2.75, 3.05) is 6.61 Å². The van der Waals surface area contributed by atoms with E-state index in [1.165, 1.54) is 0 Å². The maximum Gasteiger partial charge on any atom is 0.109 e. The lowest BCUT2D eigenvalue weighted by molar-refractivity contribution is 0.246. The van der Waals surface area contributed by atoms with Gasteiger partial charge in [-0.05, 0) is 19.3 Å². The van der Waals surface area contributed by atoms with Crippen LogP contribution in [0.25, 0.3) is 0 Å². The second-order valence-corrected chi connectivity index (χ2v) is 3.06. The lowest BCUT2D eigenvalue weighted by Crippen LogP contribution is -1.94. The zero-order chi connectivity index (χ0) is 7.11. The number of alkyl halides is 1. The molecule has 56 valence electrons. The molecule has 0 saturated heterocycles. The van der Waals surface area contributed by atoms with Gasteiger partial charge in [0.2, 0.25) is 0 Å². The SMILES string of the molecule is OCCCCCC(O)Br. The van der Waals surface area contributed by atoms with Crippen LogP contribution in [0.1, 0.15) is 25.7 Å². The van der Waals surface area contributed by atoms with Crippen molar-refractivity contribution < 1.29 is 10.2 Å². The molecular formula is C6H13BrO2. The second kappa shape index (κ2) is 6.52. The topological polar surface area (TPSA) is 40.5 Å². The number of rotatable bonds is 5. The Labute approximate surface area is 64.0 Å². The highest BCUT2D eigenvalue weighted by molar-refractivity contribution is 9.09. The van der Waals surface area contributed by atoms with E-state index in [0.29, 0.717) is 0 Å². The van der Waals surface area contributed by atoms with Crippen LogP contribution in [0.2, 0.25) is 0 Å². The van der Waals surface area contributed by atoms with Gasteiger partial charge in [0.1, 0.15) is 5.01 Å². The normalized spacial score (nSPS) is 13.7. The molecule has 3 heteroatoms. The Kier molecular flexibility index (Phi) is 6.81. The first kappa shape index (κ1) is 9.40. The van der Waals surface area contributed by atoms with E-state index in [-0.39, 0.29) is 11.6 Å². The molecule has 0 spiro atoms. The van der Waals surface area contributed by atoms with Crippen LogP contribution < -0.4 is 0 Å². The van der Waals surface area contributed by atoms with Gasteiger partial charge < -0.3 is 10.2 Å². The molecule has 1 unspecified atom stereocenters. The molecule has 0 heterocycles. The summed E-state index contributed by atoms with van der Waals surface area (Å²) in [7, 11) is 0. The maximum atomic E-state index is 8.71. The van der Waals surface area contributed by atoms with E-state index >= 15 is 0 Å². The van der Waals surface area contributed by atoms with Crippen LogP contribution in [0.3, 0.4) is 0 Å². The Morgan fingerprint density at radius 3 is 2.33 bits per heavy atom. The summed E-state index contributed by atoms with van der Waals surface area (Å²) in [6, 6.07) is 0. The summed E-state index contributed by atoms with van der Waals surface area (Å²) in [5.41, 5.74) is 0. The van der Waals surface area contributed by atoms with E-state index < -0.39 is 0 Å². The van der Waals surface area contributed by atoms with Gasteiger partial charge in [0.25, 0.3) is 0 Å². The Morgan fingerprint density at radius 1 is 1.22 bits per heavy atom. The average Bonchev–Trinajstić information content (AvgIpc) is 1.80. The summed E-state index contributed by atoms with van der Waals surface area (Å²) in [6.07, 6.45) is 3.60. The van der Waals surface area contributed by atoms with Gasteiger partial charge in [0.05, 0.1) is 0 Å². The van der Waals surface area contributed by atoms with Crippen molar-refractivity contribution in [1.82, 2.24) is 0 Å². The Morgan fingerprint density at radius 2 is 1.89 bits per heavy atom. The lowest BCUT2D eigenvalue weighted by Gasteiger charge is -1.99. The van der Waals surface area contributed by atoms with Crippen LogP contribution in [-0.2, 0) is 0 Å². The minimum atomic E-state index is -0.365. The van der Waals surface area contributed by atoms with Gasteiger partial charge in [0, 0.05) is 6.61 Å². The molecule has 0 rings (SSSR count). The van der Waals surface area contributed by atoms with Gasteiger partial charge >= 0.3 is 0 Å². The largest absolute Gasteiger partial charge is 0.396 e. The number of hydrogen-bond acceptors (Lipinski definition) is 2. The fourth-order valence-corrected chi connectivity index (χ4v) is 0.925. The van der Waals surface area contributed by atoms with E-state index in [2.05, 4.69) is 15.9 Å². The quantitative estimate of drug-likeness (QED) is 0.514. The first-order valence-electron chi connectivity index (χ1n) is 3.20. The van der Waals surface area contributed by atoms with Crippen molar-refractivity contribution in [1.29, 1.82) is 0 Å². The molecule has 0 aromatic carbocycles. The highest BCUT2D eigenvalue weighted by Crippen LogP contribution is 2.06. The average molecular weight is 197 g/mol. The molecule has 0 aromatic rings. The second-order valence-electron chi connectivity index (χ2n) is 2.01. The lowest BCUT2D eigenvalue weighted by atomic mass is 10.2. The number of hydrogen-bond donors (Lipinski definition) is 2. The van der Waals surface area contributed by atoms with Crippen molar-refractivity contribution in [3.05, 3.63) is 0 Å². The minimum Gasteiger partial charge on any atom is -0.396 e. The summed E-state index contributed by atoms with van der Waals surface area (Å²) in [6.45, 7) is 0.262. The van der Waals surface area contributed by atoms with Crippen LogP contribution in [0.5, 0.6) is 0 Å². The van der Waals surface area contributed by atoms with Crippen LogP contribution in [-0.4, -0.2) is 21.8 Å². The van der Waals surface area contributed by atoms with E-state index in [9.17, 15) is 0 Å². The molecular weight excluding hydrogens is 184 g/mol. The van der Waals surface area contributed by atoms with Crippen molar-refractivity contribution in [3.63, 3.8) is 0 Å². The molecule has 0 radical (unpaired) electrons.